The number of hydrogen-bond donors (Lipinski definition) is 22. The van der Waals surface area contributed by atoms with E-state index in [2.05, 4.69) is 56.4 Å². The van der Waals surface area contributed by atoms with E-state index in [-0.39, 0.29) is 23.3 Å². The molecule has 8 aliphatic heterocycles. The van der Waals surface area contributed by atoms with Crippen molar-refractivity contribution in [2.24, 2.45) is 5.92 Å². The maximum absolute atomic E-state index is 16.7. The Kier molecular flexibility index (Phi) is 28.1. The minimum absolute atomic E-state index is 0.0861. The Balaban J connectivity index is 1.06. The smallest absolute Gasteiger partial charge is 0.330 e. The number of hydrogen-bond acceptors (Lipinski definition) is 29. The van der Waals surface area contributed by atoms with E-state index in [4.69, 9.17) is 79.6 Å². The molecule has 17 bridgehead atoms. The average molecular weight is 1800 g/mol. The molecule has 37 nitrogen and oxygen atoms in total. The van der Waals surface area contributed by atoms with Crippen LogP contribution >= 0.6 is 46.4 Å². The number of carbonyl (C=O) groups is 8. The lowest BCUT2D eigenvalue weighted by atomic mass is 9.89. The van der Waals surface area contributed by atoms with Gasteiger partial charge < -0.3 is 147 Å². The van der Waals surface area contributed by atoms with E-state index in [1.54, 1.807) is 0 Å². The van der Waals surface area contributed by atoms with E-state index >= 15 is 24.0 Å². The molecule has 124 heavy (non-hydrogen) atoms. The predicted octanol–water partition coefficient (Wildman–Crippen LogP) is 4.89. The van der Waals surface area contributed by atoms with Crippen molar-refractivity contribution in [1.29, 1.82) is 0 Å². The lowest BCUT2D eigenvalue weighted by Gasteiger charge is -2.42. The van der Waals surface area contributed by atoms with Crippen LogP contribution in [0.1, 0.15) is 147 Å². The van der Waals surface area contributed by atoms with Gasteiger partial charge in [0, 0.05) is 40.8 Å². The second-order valence-electron chi connectivity index (χ2n) is 30.9. The van der Waals surface area contributed by atoms with Gasteiger partial charge in [-0.2, -0.15) is 0 Å². The van der Waals surface area contributed by atoms with Crippen molar-refractivity contribution in [3.8, 4) is 80.1 Å². The lowest BCUT2D eigenvalue weighted by molar-refractivity contribution is -0.277. The molecule has 0 unspecified atom stereocenters. The maximum atomic E-state index is 16.7. The molecule has 0 saturated carbocycles. The molecule has 0 aliphatic carbocycles. The molecule has 0 spiro atoms. The van der Waals surface area contributed by atoms with Gasteiger partial charge in [-0.3, -0.25) is 33.6 Å². The quantitative estimate of drug-likeness (QED) is 0.0508. The number of aliphatic hydroxyl groups is 9. The van der Waals surface area contributed by atoms with Gasteiger partial charge >= 0.3 is 5.97 Å². The number of aliphatic carboxylic acids is 1. The van der Waals surface area contributed by atoms with Crippen LogP contribution in [-0.4, -0.2) is 213 Å². The van der Waals surface area contributed by atoms with Gasteiger partial charge in [0.25, 0.3) is 0 Å². The molecule has 8 aliphatic rings. The van der Waals surface area contributed by atoms with Crippen LogP contribution in [0.3, 0.4) is 0 Å². The summed E-state index contributed by atoms with van der Waals surface area (Å²) in [6.07, 6.45) is -17.1. The van der Waals surface area contributed by atoms with Crippen molar-refractivity contribution in [3.63, 3.8) is 0 Å². The highest BCUT2D eigenvalue weighted by atomic mass is 35.5. The number of benzene rings is 7. The fourth-order valence-electron chi connectivity index (χ4n) is 15.3. The van der Waals surface area contributed by atoms with Crippen LogP contribution in [0.4, 0.5) is 0 Å². The van der Waals surface area contributed by atoms with E-state index in [0.717, 1.165) is 117 Å². The Hall–Kier alpha value is -10.8. The molecule has 662 valence electrons. The minimum Gasteiger partial charge on any atom is -0.508 e. The van der Waals surface area contributed by atoms with Crippen LogP contribution in [0, 0.1) is 5.92 Å². The fourth-order valence-corrected chi connectivity index (χ4v) is 16.4. The number of nitrogens with one attached hydrogen (secondary N) is 8. The number of carboxylic acids is 1. The second kappa shape index (κ2) is 38.3. The summed E-state index contributed by atoms with van der Waals surface area (Å²) in [6, 6.07) is -0.549. The third kappa shape index (κ3) is 19.2. The summed E-state index contributed by atoms with van der Waals surface area (Å²) < 4.78 is 44.3. The van der Waals surface area contributed by atoms with E-state index < -0.39 is 299 Å². The van der Waals surface area contributed by atoms with Crippen LogP contribution in [0.25, 0.3) is 11.1 Å². The summed E-state index contributed by atoms with van der Waals surface area (Å²) in [7, 11) is 1.35. The monoisotopic (exact) mass is 1800 g/mol. The van der Waals surface area contributed by atoms with Gasteiger partial charge in [-0.25, -0.2) is 4.79 Å². The number of aliphatic hydroxyl groups excluding tert-OH is 9. The summed E-state index contributed by atoms with van der Waals surface area (Å²) >= 11 is 28.6. The van der Waals surface area contributed by atoms with Crippen molar-refractivity contribution in [3.05, 3.63) is 162 Å². The number of unbranched alkanes of at least 4 members (excludes halogenated alkanes) is 5. The standard InChI is InChI=1S/C83H88Cl4N8O29/c1-31(2)10-8-6-4-5-7-9-11-55(102)89-65-70(107)68(105)53(29-96)122-82(65)124-74-51-23-35-24-52(74)120-73-43(85)20-36(21-44(73)86)67(104)64-80(115)93-62(81(116)117)40-25-37(98)26-50(121-83-72(109)71(108)69(106)54(30-97)123-83)56(40)39-18-32(12-15-45(39)99)59(76(111)95-64)90-77(112)60(35)91-78(113)61-41-27-38(28-47(101)57(41)87)118-49-22-33(13-16-46(49)100)58(88-3)75(110)94-63(79(114)92-61)66(103)34-14-17-48(119-51)42(84)19-34/h12-28,31,53-54,58-72,82-83,88,96-101,103-109H,4-11,29-30H2,1-3H3,(H,89,102)(H,90,112)(H,91,113)(H,92,114)(H,93,115)(H,94,110)(H,95,111)(H,116,117)/t53-,54-,58-,59-,60-,61-,62-,63-,64-,65-,66+,67+,68-,69+,70-,71-,72+,82+,83+/m1/s1. The molecule has 15 rings (SSSR count). The summed E-state index contributed by atoms with van der Waals surface area (Å²) in [5.41, 5.74) is -4.31. The number of amides is 7. The summed E-state index contributed by atoms with van der Waals surface area (Å²) in [4.78, 5) is 123. The number of phenolic OH excluding ortho intramolecular Hbond substituents is 4. The van der Waals surface area contributed by atoms with E-state index in [1.165, 1.54) is 25.2 Å². The first-order chi connectivity index (χ1) is 59.0. The molecular weight excluding hydrogens is 1710 g/mol. The van der Waals surface area contributed by atoms with Gasteiger partial charge in [0.15, 0.2) is 34.8 Å². The molecule has 41 heteroatoms. The number of fused-ring (bicyclic) bond motifs is 14. The molecular formula is C83H88Cl4N8O29. The van der Waals surface area contributed by atoms with E-state index in [0.29, 0.717) is 18.8 Å². The van der Waals surface area contributed by atoms with Crippen LogP contribution in [0.15, 0.2) is 103 Å². The Morgan fingerprint density at radius 1 is 0.492 bits per heavy atom. The largest absolute Gasteiger partial charge is 0.508 e. The van der Waals surface area contributed by atoms with Crippen molar-refractivity contribution in [2.45, 2.75) is 181 Å². The van der Waals surface area contributed by atoms with Crippen molar-refractivity contribution in [2.75, 3.05) is 20.3 Å². The summed E-state index contributed by atoms with van der Waals surface area (Å²) in [5, 5.41) is 179. The van der Waals surface area contributed by atoms with E-state index in [9.17, 15) is 85.9 Å². The predicted molar refractivity (Wildman–Crippen MR) is 434 cm³/mol. The van der Waals surface area contributed by atoms with Crippen LogP contribution in [0.5, 0.6) is 69.0 Å². The van der Waals surface area contributed by atoms with Gasteiger partial charge in [0.1, 0.15) is 132 Å². The molecule has 7 amide bonds. The minimum atomic E-state index is -2.55. The number of aromatic hydroxyl groups is 4. The van der Waals surface area contributed by atoms with E-state index in [1.807, 2.05) is 0 Å². The molecule has 19 atom stereocenters. The maximum Gasteiger partial charge on any atom is 0.330 e. The van der Waals surface area contributed by atoms with Gasteiger partial charge in [-0.1, -0.05) is 117 Å². The zero-order chi connectivity index (χ0) is 89.3. The first-order valence-electron chi connectivity index (χ1n) is 39.2. The lowest BCUT2D eigenvalue weighted by Crippen LogP contribution is -2.65. The Morgan fingerprint density at radius 3 is 1.72 bits per heavy atom. The molecule has 7 aromatic carbocycles. The normalized spacial score (nSPS) is 26.9. The molecule has 22 N–H and O–H groups in total. The SMILES string of the molecule is CN[C@H]1C(=O)N[C@H]2C(=O)N[C@@H](C(=O)N[C@H]3C(=O)N[C@H]4C(=O)N[C@@H](C(=O)N[C@@H](C(=O)O)c5cc(O)cc(O[C@H]6O[C@H](CO)[C@H](O)[C@@H](O)[C@@H]6O)c5-c5cc4ccc5O)[C@@H](O)c4cc(Cl)c(c(Cl)c4)Oc4cc3cc(c4O[C@@H]3O[C@H](CO)[C@@H](O)[C@H](O)[C@H]3NC(=O)CCCCCCCCC(C)C)Oc3ccc(cc3Cl)[C@@H]2O)c2cc(cc(O)c2Cl)Oc2cc1ccc2O. The number of likely N-dealkylation sites (N-methyl/N-ethyl adjacent to an activating group) is 1. The number of halogens is 4. The summed E-state index contributed by atoms with van der Waals surface area (Å²) in [5.74, 6) is -18.8. The Morgan fingerprint density at radius 2 is 1.06 bits per heavy atom. The molecule has 8 heterocycles. The van der Waals surface area contributed by atoms with Crippen molar-refractivity contribution < 1.29 is 143 Å². The Bertz CT molecular complexity index is 5260. The van der Waals surface area contributed by atoms with Gasteiger partial charge in [-0.05, 0) is 120 Å². The highest BCUT2D eigenvalue weighted by Gasteiger charge is 2.50. The highest BCUT2D eigenvalue weighted by molar-refractivity contribution is 6.37. The third-order valence-electron chi connectivity index (χ3n) is 21.9. The number of ether oxygens (including phenoxy) is 7. The van der Waals surface area contributed by atoms with Crippen molar-refractivity contribution in [1.82, 2.24) is 42.5 Å². The van der Waals surface area contributed by atoms with Crippen LogP contribution < -0.4 is 66.2 Å². The highest BCUT2D eigenvalue weighted by Crippen LogP contribution is 2.52. The van der Waals surface area contributed by atoms with Gasteiger partial charge in [-0.15, -0.1) is 0 Å². The van der Waals surface area contributed by atoms with Crippen LogP contribution in [-0.2, 0) is 47.8 Å². The molecule has 0 radical (unpaired) electrons. The summed E-state index contributed by atoms with van der Waals surface area (Å²) in [6.45, 7) is 2.24. The molecule has 0 aromatic heterocycles. The first-order valence-corrected chi connectivity index (χ1v) is 40.8. The topological polar surface area (TPSA) is 581 Å². The van der Waals surface area contributed by atoms with Crippen molar-refractivity contribution >= 4 is 93.7 Å². The number of phenols is 4. The molecule has 2 saturated heterocycles. The number of carbonyl (C=O) groups excluding carboxylic acids is 7. The van der Waals surface area contributed by atoms with Gasteiger partial charge in [0.2, 0.25) is 59.7 Å². The zero-order valence-electron chi connectivity index (χ0n) is 65.8. The third-order valence-corrected chi connectivity index (χ3v) is 23.2. The number of rotatable bonds is 18. The van der Waals surface area contributed by atoms with Gasteiger partial charge in [0.05, 0.1) is 33.3 Å². The second-order valence-corrected chi connectivity index (χ2v) is 32.5. The van der Waals surface area contributed by atoms with Crippen LogP contribution in [0.2, 0.25) is 20.1 Å². The fraction of sp³-hybridized carbons (Fsp3) is 0.398. The Labute approximate surface area is 725 Å². The first kappa shape index (κ1) is 90.9. The zero-order valence-corrected chi connectivity index (χ0v) is 68.9. The molecule has 7 aromatic rings. The average Bonchev–Trinajstić information content (AvgIpc) is 0.758. The number of carboxylic acid groups (broad SMARTS) is 1. The molecule has 2 fully saturated rings.